The van der Waals surface area contributed by atoms with Gasteiger partial charge < -0.3 is 5.32 Å². The van der Waals surface area contributed by atoms with Crippen LogP contribution in [0.2, 0.25) is 0 Å². The first-order valence-corrected chi connectivity index (χ1v) is 6.96. The van der Waals surface area contributed by atoms with Crippen LogP contribution in [0.5, 0.6) is 0 Å². The van der Waals surface area contributed by atoms with E-state index in [1.807, 2.05) is 6.20 Å². The summed E-state index contributed by atoms with van der Waals surface area (Å²) in [6.45, 7) is 6.45. The minimum absolute atomic E-state index is 0.448. The van der Waals surface area contributed by atoms with Gasteiger partial charge in [0.05, 0.1) is 17.9 Å². The van der Waals surface area contributed by atoms with Crippen molar-refractivity contribution in [3.63, 3.8) is 0 Å². The Balaban J connectivity index is 2.02. The zero-order valence-electron chi connectivity index (χ0n) is 11.0. The fourth-order valence-electron chi connectivity index (χ4n) is 2.24. The van der Waals surface area contributed by atoms with Crippen LogP contribution in [0.1, 0.15) is 57.7 Å². The Morgan fingerprint density at radius 2 is 2.24 bits per heavy atom. The molecule has 1 atom stereocenters. The molecule has 1 aliphatic rings. The molecule has 17 heavy (non-hydrogen) atoms. The van der Waals surface area contributed by atoms with Crippen molar-refractivity contribution in [3.8, 4) is 0 Å². The molecule has 0 bridgehead atoms. The van der Waals surface area contributed by atoms with Crippen LogP contribution in [-0.2, 0) is 6.54 Å². The molecule has 0 aliphatic heterocycles. The van der Waals surface area contributed by atoms with Crippen LogP contribution < -0.4 is 5.32 Å². The number of aryl methyl sites for hydroxylation is 1. The largest absolute Gasteiger partial charge is 0.309 e. The molecular weight excluding hydrogens is 212 g/mol. The van der Waals surface area contributed by atoms with Crippen LogP contribution >= 0.6 is 0 Å². The summed E-state index contributed by atoms with van der Waals surface area (Å²) in [5.74, 6) is 0.925. The van der Waals surface area contributed by atoms with Gasteiger partial charge in [0.2, 0.25) is 0 Å². The lowest BCUT2D eigenvalue weighted by molar-refractivity contribution is 0.430. The minimum atomic E-state index is 0.448. The zero-order valence-corrected chi connectivity index (χ0v) is 11.0. The molecule has 2 rings (SSSR count). The van der Waals surface area contributed by atoms with E-state index >= 15 is 0 Å². The highest BCUT2D eigenvalue weighted by molar-refractivity contribution is 5.03. The van der Waals surface area contributed by atoms with Gasteiger partial charge in [0, 0.05) is 6.54 Å². The molecule has 0 spiro atoms. The number of hydrogen-bond donors (Lipinski definition) is 1. The van der Waals surface area contributed by atoms with Crippen molar-refractivity contribution in [3.05, 3.63) is 11.9 Å². The Labute approximate surface area is 104 Å². The van der Waals surface area contributed by atoms with E-state index in [1.165, 1.54) is 31.4 Å². The molecule has 0 saturated heterocycles. The normalized spacial score (nSPS) is 17.3. The van der Waals surface area contributed by atoms with Gasteiger partial charge in [-0.05, 0) is 31.7 Å². The maximum atomic E-state index is 4.19. The van der Waals surface area contributed by atoms with Crippen LogP contribution in [0.3, 0.4) is 0 Å². The lowest BCUT2D eigenvalue weighted by Crippen LogP contribution is -2.25. The lowest BCUT2D eigenvalue weighted by Gasteiger charge is -2.18. The predicted molar refractivity (Wildman–Crippen MR) is 68.7 cm³/mol. The smallest absolute Gasteiger partial charge is 0.0756 e. The van der Waals surface area contributed by atoms with Crippen molar-refractivity contribution in [2.24, 2.45) is 5.92 Å². The van der Waals surface area contributed by atoms with Gasteiger partial charge in [0.25, 0.3) is 0 Å². The molecule has 1 fully saturated rings. The van der Waals surface area contributed by atoms with E-state index in [1.54, 1.807) is 0 Å². The maximum absolute atomic E-state index is 4.19. The molecule has 1 aromatic rings. The standard InChI is InChI=1S/C13H24N4/c1-3-7-14-12(9-11-5-6-11)13-10-15-16-17(13)8-4-2/h10-12,14H,3-9H2,1-2H3. The summed E-state index contributed by atoms with van der Waals surface area (Å²) >= 11 is 0. The first-order chi connectivity index (χ1) is 8.35. The molecule has 1 aromatic heterocycles. The molecule has 1 aliphatic carbocycles. The van der Waals surface area contributed by atoms with E-state index in [2.05, 4.69) is 34.2 Å². The van der Waals surface area contributed by atoms with Gasteiger partial charge in [0.1, 0.15) is 0 Å². The number of nitrogens with zero attached hydrogens (tertiary/aromatic N) is 3. The summed E-state index contributed by atoms with van der Waals surface area (Å²) in [7, 11) is 0. The molecule has 1 heterocycles. The topological polar surface area (TPSA) is 42.7 Å². The summed E-state index contributed by atoms with van der Waals surface area (Å²) in [6, 6.07) is 0.448. The summed E-state index contributed by atoms with van der Waals surface area (Å²) in [5.41, 5.74) is 1.27. The average Bonchev–Trinajstić information content (AvgIpc) is 3.03. The number of nitrogens with one attached hydrogen (secondary N) is 1. The van der Waals surface area contributed by atoms with Gasteiger partial charge in [-0.3, -0.25) is 0 Å². The fraction of sp³-hybridized carbons (Fsp3) is 0.846. The fourth-order valence-corrected chi connectivity index (χ4v) is 2.24. The van der Waals surface area contributed by atoms with Crippen LogP contribution in [-0.4, -0.2) is 21.5 Å². The molecular formula is C13H24N4. The third-order valence-electron chi connectivity index (χ3n) is 3.35. The van der Waals surface area contributed by atoms with Gasteiger partial charge in [-0.25, -0.2) is 4.68 Å². The summed E-state index contributed by atoms with van der Waals surface area (Å²) in [5, 5.41) is 11.9. The SMILES string of the molecule is CCCNC(CC1CC1)c1cnnn1CCC. The molecule has 96 valence electrons. The molecule has 0 amide bonds. The second-order valence-electron chi connectivity index (χ2n) is 5.07. The number of hydrogen-bond acceptors (Lipinski definition) is 3. The van der Waals surface area contributed by atoms with E-state index in [-0.39, 0.29) is 0 Å². The zero-order chi connectivity index (χ0) is 12.1. The second kappa shape index (κ2) is 6.15. The van der Waals surface area contributed by atoms with E-state index in [0.717, 1.165) is 25.4 Å². The Morgan fingerprint density at radius 1 is 1.41 bits per heavy atom. The van der Waals surface area contributed by atoms with Crippen molar-refractivity contribution >= 4 is 0 Å². The molecule has 4 nitrogen and oxygen atoms in total. The molecule has 1 unspecified atom stereocenters. The van der Waals surface area contributed by atoms with Crippen molar-refractivity contribution in [2.75, 3.05) is 6.54 Å². The van der Waals surface area contributed by atoms with Gasteiger partial charge in [-0.15, -0.1) is 5.10 Å². The molecule has 0 radical (unpaired) electrons. The van der Waals surface area contributed by atoms with Crippen molar-refractivity contribution in [1.82, 2.24) is 20.3 Å². The van der Waals surface area contributed by atoms with Crippen LogP contribution in [0.15, 0.2) is 6.20 Å². The van der Waals surface area contributed by atoms with Crippen molar-refractivity contribution < 1.29 is 0 Å². The third kappa shape index (κ3) is 3.53. The van der Waals surface area contributed by atoms with Gasteiger partial charge in [-0.1, -0.05) is 31.9 Å². The summed E-state index contributed by atoms with van der Waals surface area (Å²) < 4.78 is 2.07. The first-order valence-electron chi connectivity index (χ1n) is 6.96. The van der Waals surface area contributed by atoms with E-state index in [4.69, 9.17) is 0 Å². The van der Waals surface area contributed by atoms with E-state index < -0.39 is 0 Å². The Bertz CT molecular complexity index is 330. The highest BCUT2D eigenvalue weighted by Gasteiger charge is 2.27. The first kappa shape index (κ1) is 12.6. The van der Waals surface area contributed by atoms with Gasteiger partial charge >= 0.3 is 0 Å². The minimum Gasteiger partial charge on any atom is -0.309 e. The monoisotopic (exact) mass is 236 g/mol. The lowest BCUT2D eigenvalue weighted by atomic mass is 10.1. The molecule has 1 saturated carbocycles. The summed E-state index contributed by atoms with van der Waals surface area (Å²) in [6.07, 6.45) is 8.28. The Hall–Kier alpha value is -0.900. The average molecular weight is 236 g/mol. The molecule has 4 heteroatoms. The van der Waals surface area contributed by atoms with E-state index in [0.29, 0.717) is 6.04 Å². The second-order valence-corrected chi connectivity index (χ2v) is 5.07. The van der Waals surface area contributed by atoms with Crippen molar-refractivity contribution in [2.45, 2.75) is 58.5 Å². The van der Waals surface area contributed by atoms with Crippen LogP contribution in [0.25, 0.3) is 0 Å². The van der Waals surface area contributed by atoms with Gasteiger partial charge in [-0.2, -0.15) is 0 Å². The molecule has 0 aromatic carbocycles. The highest BCUT2D eigenvalue weighted by Crippen LogP contribution is 2.37. The number of aromatic nitrogens is 3. The summed E-state index contributed by atoms with van der Waals surface area (Å²) in [4.78, 5) is 0. The molecule has 1 N–H and O–H groups in total. The Morgan fingerprint density at radius 3 is 2.88 bits per heavy atom. The quantitative estimate of drug-likeness (QED) is 0.754. The Kier molecular flexibility index (Phi) is 4.54. The van der Waals surface area contributed by atoms with Gasteiger partial charge in [0.15, 0.2) is 0 Å². The van der Waals surface area contributed by atoms with Crippen LogP contribution in [0, 0.1) is 5.92 Å². The third-order valence-corrected chi connectivity index (χ3v) is 3.35. The highest BCUT2D eigenvalue weighted by atomic mass is 15.4. The van der Waals surface area contributed by atoms with E-state index in [9.17, 15) is 0 Å². The maximum Gasteiger partial charge on any atom is 0.0756 e. The number of rotatable bonds is 8. The van der Waals surface area contributed by atoms with Crippen LogP contribution in [0.4, 0.5) is 0 Å². The van der Waals surface area contributed by atoms with Crippen molar-refractivity contribution in [1.29, 1.82) is 0 Å². The predicted octanol–water partition coefficient (Wildman–Crippen LogP) is 2.53.